The van der Waals surface area contributed by atoms with Gasteiger partial charge in [-0.3, -0.25) is 0 Å². The smallest absolute Gasteiger partial charge is 0.355 e. The van der Waals surface area contributed by atoms with E-state index in [9.17, 15) is 9.18 Å². The number of hydrogen-bond donors (Lipinski definition) is 1. The highest BCUT2D eigenvalue weighted by atomic mass is 32.1. The Kier molecular flexibility index (Phi) is 3.19. The van der Waals surface area contributed by atoms with Crippen molar-refractivity contribution in [2.24, 2.45) is 0 Å². The van der Waals surface area contributed by atoms with Crippen LogP contribution in [0.1, 0.15) is 23.0 Å². The molecular formula is C12H10FNO2S. The molecule has 0 radical (unpaired) electrons. The number of hydrogen-bond acceptors (Lipinski definition) is 3. The summed E-state index contributed by atoms with van der Waals surface area (Å²) < 4.78 is 13.6. The molecule has 0 saturated heterocycles. The first kappa shape index (κ1) is 11.7. The molecule has 88 valence electrons. The van der Waals surface area contributed by atoms with Gasteiger partial charge < -0.3 is 5.11 Å². The molecule has 3 nitrogen and oxygen atoms in total. The zero-order chi connectivity index (χ0) is 12.4. The van der Waals surface area contributed by atoms with Crippen LogP contribution in [-0.2, 0) is 6.42 Å². The Morgan fingerprint density at radius 1 is 1.53 bits per heavy atom. The third-order valence-electron chi connectivity index (χ3n) is 2.39. The number of aryl methyl sites for hydroxylation is 1. The molecule has 1 aromatic carbocycles. The van der Waals surface area contributed by atoms with Crippen LogP contribution in [0.2, 0.25) is 0 Å². The van der Waals surface area contributed by atoms with Gasteiger partial charge in [0.2, 0.25) is 0 Å². The number of carbonyl (C=O) groups is 1. The molecule has 5 heteroatoms. The van der Waals surface area contributed by atoms with Crippen LogP contribution in [0.5, 0.6) is 0 Å². The lowest BCUT2D eigenvalue weighted by atomic mass is 10.1. The highest BCUT2D eigenvalue weighted by Gasteiger charge is 2.13. The SMILES string of the molecule is CCc1ccc(F)c(-c2nc(C(=O)O)cs2)c1. The average molecular weight is 251 g/mol. The van der Waals surface area contributed by atoms with Crippen molar-refractivity contribution in [2.75, 3.05) is 0 Å². The maximum atomic E-state index is 13.6. The lowest BCUT2D eigenvalue weighted by Crippen LogP contribution is -1.96. The second kappa shape index (κ2) is 4.63. The van der Waals surface area contributed by atoms with Gasteiger partial charge in [0, 0.05) is 10.9 Å². The van der Waals surface area contributed by atoms with Gasteiger partial charge in [-0.2, -0.15) is 0 Å². The molecule has 0 saturated carbocycles. The summed E-state index contributed by atoms with van der Waals surface area (Å²) >= 11 is 1.13. The molecule has 0 aliphatic carbocycles. The largest absolute Gasteiger partial charge is 0.476 e. The Morgan fingerprint density at radius 3 is 2.88 bits per heavy atom. The van der Waals surface area contributed by atoms with Gasteiger partial charge in [-0.05, 0) is 24.1 Å². The van der Waals surface area contributed by atoms with E-state index in [1.165, 1.54) is 11.4 Å². The Hall–Kier alpha value is -1.75. The fourth-order valence-electron chi connectivity index (χ4n) is 1.45. The van der Waals surface area contributed by atoms with Crippen molar-refractivity contribution < 1.29 is 14.3 Å². The molecule has 2 rings (SSSR count). The molecule has 0 unspecified atom stereocenters. The van der Waals surface area contributed by atoms with E-state index < -0.39 is 5.97 Å². The number of benzene rings is 1. The summed E-state index contributed by atoms with van der Waals surface area (Å²) in [5.74, 6) is -1.48. The monoisotopic (exact) mass is 251 g/mol. The minimum Gasteiger partial charge on any atom is -0.476 e. The number of carboxylic acids is 1. The van der Waals surface area contributed by atoms with Crippen molar-refractivity contribution in [3.05, 3.63) is 40.7 Å². The van der Waals surface area contributed by atoms with Crippen LogP contribution in [0, 0.1) is 5.82 Å². The van der Waals surface area contributed by atoms with Crippen LogP contribution in [0.25, 0.3) is 10.6 Å². The van der Waals surface area contributed by atoms with Crippen molar-refractivity contribution >= 4 is 17.3 Å². The summed E-state index contributed by atoms with van der Waals surface area (Å²) in [7, 11) is 0. The maximum absolute atomic E-state index is 13.6. The first-order chi connectivity index (χ1) is 8.11. The average Bonchev–Trinajstić information content (AvgIpc) is 2.79. The predicted octanol–water partition coefficient (Wildman–Crippen LogP) is 3.21. The normalized spacial score (nSPS) is 10.5. The number of nitrogens with zero attached hydrogens (tertiary/aromatic N) is 1. The molecule has 1 N–H and O–H groups in total. The molecule has 17 heavy (non-hydrogen) atoms. The van der Waals surface area contributed by atoms with E-state index in [1.54, 1.807) is 12.1 Å². The molecule has 0 amide bonds. The zero-order valence-corrected chi connectivity index (χ0v) is 9.92. The van der Waals surface area contributed by atoms with Crippen LogP contribution in [0.15, 0.2) is 23.6 Å². The predicted molar refractivity (Wildman–Crippen MR) is 63.8 cm³/mol. The van der Waals surface area contributed by atoms with E-state index in [0.29, 0.717) is 10.6 Å². The highest BCUT2D eigenvalue weighted by Crippen LogP contribution is 2.27. The van der Waals surface area contributed by atoms with Crippen molar-refractivity contribution in [3.63, 3.8) is 0 Å². The molecule has 0 atom stereocenters. The number of halogens is 1. The standard InChI is InChI=1S/C12H10FNO2S/c1-2-7-3-4-9(13)8(5-7)11-14-10(6-17-11)12(15)16/h3-6H,2H2,1H3,(H,15,16). The van der Waals surface area contributed by atoms with Gasteiger partial charge in [-0.1, -0.05) is 13.0 Å². The van der Waals surface area contributed by atoms with Crippen molar-refractivity contribution in [1.82, 2.24) is 4.98 Å². The number of thiazole rings is 1. The lowest BCUT2D eigenvalue weighted by Gasteiger charge is -2.02. The summed E-state index contributed by atoms with van der Waals surface area (Å²) in [6, 6.07) is 4.81. The summed E-state index contributed by atoms with van der Waals surface area (Å²) in [6.07, 6.45) is 0.796. The Bertz CT molecular complexity index is 565. The topological polar surface area (TPSA) is 50.2 Å². The molecule has 0 aliphatic rings. The highest BCUT2D eigenvalue weighted by molar-refractivity contribution is 7.13. The summed E-state index contributed by atoms with van der Waals surface area (Å²) in [4.78, 5) is 14.6. The number of aromatic carboxylic acids is 1. The van der Waals surface area contributed by atoms with E-state index in [2.05, 4.69) is 4.98 Å². The summed E-state index contributed by atoms with van der Waals surface area (Å²) in [5.41, 5.74) is 1.31. The summed E-state index contributed by atoms with van der Waals surface area (Å²) in [5, 5.41) is 10.6. The Labute approximate surface area is 102 Å². The number of rotatable bonds is 3. The third kappa shape index (κ3) is 2.34. The molecule has 1 heterocycles. The van der Waals surface area contributed by atoms with Gasteiger partial charge >= 0.3 is 5.97 Å². The van der Waals surface area contributed by atoms with E-state index >= 15 is 0 Å². The summed E-state index contributed by atoms with van der Waals surface area (Å²) in [6.45, 7) is 1.97. The van der Waals surface area contributed by atoms with Gasteiger partial charge in [-0.15, -0.1) is 11.3 Å². The minimum absolute atomic E-state index is 0.0497. The van der Waals surface area contributed by atoms with Crippen LogP contribution in [0.4, 0.5) is 4.39 Å². The van der Waals surface area contributed by atoms with Crippen molar-refractivity contribution in [2.45, 2.75) is 13.3 Å². The van der Waals surface area contributed by atoms with Gasteiger partial charge in [0.05, 0.1) is 0 Å². The van der Waals surface area contributed by atoms with E-state index in [-0.39, 0.29) is 11.5 Å². The molecular weight excluding hydrogens is 241 g/mol. The first-order valence-electron chi connectivity index (χ1n) is 5.09. The molecule has 0 bridgehead atoms. The fraction of sp³-hybridized carbons (Fsp3) is 0.167. The Balaban J connectivity index is 2.47. The number of carboxylic acid groups (broad SMARTS) is 1. The molecule has 0 spiro atoms. The van der Waals surface area contributed by atoms with Gasteiger partial charge in [0.25, 0.3) is 0 Å². The molecule has 0 fully saturated rings. The number of aromatic nitrogens is 1. The van der Waals surface area contributed by atoms with Crippen LogP contribution in [0.3, 0.4) is 0 Å². The van der Waals surface area contributed by atoms with Crippen molar-refractivity contribution in [3.8, 4) is 10.6 Å². The van der Waals surface area contributed by atoms with Crippen LogP contribution < -0.4 is 0 Å². The van der Waals surface area contributed by atoms with Gasteiger partial charge in [0.1, 0.15) is 10.8 Å². The van der Waals surface area contributed by atoms with E-state index in [1.807, 2.05) is 6.92 Å². The third-order valence-corrected chi connectivity index (χ3v) is 3.27. The quantitative estimate of drug-likeness (QED) is 0.911. The molecule has 1 aromatic heterocycles. The van der Waals surface area contributed by atoms with Crippen LogP contribution in [-0.4, -0.2) is 16.1 Å². The van der Waals surface area contributed by atoms with E-state index in [0.717, 1.165) is 23.3 Å². The molecule has 2 aromatic rings. The maximum Gasteiger partial charge on any atom is 0.355 e. The first-order valence-corrected chi connectivity index (χ1v) is 5.97. The fourth-order valence-corrected chi connectivity index (χ4v) is 2.26. The zero-order valence-electron chi connectivity index (χ0n) is 9.11. The van der Waals surface area contributed by atoms with Crippen molar-refractivity contribution in [1.29, 1.82) is 0 Å². The lowest BCUT2D eigenvalue weighted by molar-refractivity contribution is 0.0691. The molecule has 0 aliphatic heterocycles. The van der Waals surface area contributed by atoms with E-state index in [4.69, 9.17) is 5.11 Å². The minimum atomic E-state index is -1.10. The van der Waals surface area contributed by atoms with Gasteiger partial charge in [-0.25, -0.2) is 14.2 Å². The van der Waals surface area contributed by atoms with Crippen LogP contribution >= 0.6 is 11.3 Å². The second-order valence-electron chi connectivity index (χ2n) is 3.51. The second-order valence-corrected chi connectivity index (χ2v) is 4.37. The Morgan fingerprint density at radius 2 is 2.29 bits per heavy atom. The van der Waals surface area contributed by atoms with Gasteiger partial charge in [0.15, 0.2) is 5.69 Å².